The summed E-state index contributed by atoms with van der Waals surface area (Å²) in [4.78, 5) is 21.7. The number of carbonyl (C=O) groups is 2. The highest BCUT2D eigenvalue weighted by Gasteiger charge is 2.08. The van der Waals surface area contributed by atoms with Crippen LogP contribution in [0.1, 0.15) is 33.2 Å². The van der Waals surface area contributed by atoms with Gasteiger partial charge in [0.15, 0.2) is 5.78 Å². The van der Waals surface area contributed by atoms with Crippen LogP contribution in [0.4, 0.5) is 0 Å². The maximum absolute atomic E-state index is 11.1. The topological polar surface area (TPSA) is 34.1 Å². The second-order valence-corrected chi connectivity index (χ2v) is 3.67. The third kappa shape index (κ3) is 2.04. The Morgan fingerprint density at radius 1 is 1.46 bits per heavy atom. The zero-order valence-electron chi connectivity index (χ0n) is 7.43. The van der Waals surface area contributed by atoms with Crippen LogP contribution in [0.5, 0.6) is 0 Å². The van der Waals surface area contributed by atoms with Gasteiger partial charge in [-0.1, -0.05) is 0 Å². The van der Waals surface area contributed by atoms with Crippen molar-refractivity contribution in [1.82, 2.24) is 0 Å². The van der Waals surface area contributed by atoms with Crippen LogP contribution >= 0.6 is 15.9 Å². The third-order valence-electron chi connectivity index (χ3n) is 1.79. The number of benzene rings is 1. The first-order chi connectivity index (χ1) is 6.06. The molecular formula is C10H9BrO2. The van der Waals surface area contributed by atoms with Gasteiger partial charge >= 0.3 is 0 Å². The van der Waals surface area contributed by atoms with Gasteiger partial charge in [-0.3, -0.25) is 9.59 Å². The molecule has 0 saturated heterocycles. The lowest BCUT2D eigenvalue weighted by Crippen LogP contribution is -1.97. The van der Waals surface area contributed by atoms with Crippen molar-refractivity contribution in [3.05, 3.63) is 33.3 Å². The first-order valence-corrected chi connectivity index (χ1v) is 4.62. The third-order valence-corrected chi connectivity index (χ3v) is 2.84. The van der Waals surface area contributed by atoms with Crippen molar-refractivity contribution in [2.24, 2.45) is 0 Å². The molecule has 0 bridgehead atoms. The number of rotatable bonds is 2. The summed E-state index contributed by atoms with van der Waals surface area (Å²) >= 11 is 3.31. The van der Waals surface area contributed by atoms with Gasteiger partial charge in [-0.05, 0) is 47.5 Å². The molecule has 2 nitrogen and oxygen atoms in total. The molecule has 0 amide bonds. The largest absolute Gasteiger partial charge is 0.298 e. The Morgan fingerprint density at radius 3 is 2.54 bits per heavy atom. The normalized spacial score (nSPS) is 9.77. The number of aryl methyl sites for hydroxylation is 1. The van der Waals surface area contributed by atoms with E-state index in [1.54, 1.807) is 12.1 Å². The molecule has 68 valence electrons. The van der Waals surface area contributed by atoms with E-state index in [1.165, 1.54) is 6.92 Å². The van der Waals surface area contributed by atoms with Crippen molar-refractivity contribution >= 4 is 28.0 Å². The quantitative estimate of drug-likeness (QED) is 0.589. The van der Waals surface area contributed by atoms with E-state index < -0.39 is 0 Å². The molecule has 1 rings (SSSR count). The van der Waals surface area contributed by atoms with Gasteiger partial charge in [-0.2, -0.15) is 0 Å². The molecule has 13 heavy (non-hydrogen) atoms. The number of hydrogen-bond donors (Lipinski definition) is 0. The van der Waals surface area contributed by atoms with E-state index in [-0.39, 0.29) is 5.78 Å². The van der Waals surface area contributed by atoms with Crippen LogP contribution in [0, 0.1) is 6.92 Å². The van der Waals surface area contributed by atoms with Gasteiger partial charge < -0.3 is 0 Å². The van der Waals surface area contributed by atoms with E-state index in [2.05, 4.69) is 15.9 Å². The summed E-state index contributed by atoms with van der Waals surface area (Å²) in [6.07, 6.45) is 0.742. The number of Topliss-reactive ketones (excluding diaryl/α,β-unsaturated/α-hetero) is 1. The molecule has 1 aromatic carbocycles. The van der Waals surface area contributed by atoms with Crippen molar-refractivity contribution in [2.45, 2.75) is 13.8 Å². The maximum atomic E-state index is 11.1. The monoisotopic (exact) mass is 240 g/mol. The summed E-state index contributed by atoms with van der Waals surface area (Å²) in [5, 5.41) is 0. The highest BCUT2D eigenvalue weighted by molar-refractivity contribution is 9.10. The first kappa shape index (κ1) is 10.1. The Balaban J connectivity index is 3.41. The van der Waals surface area contributed by atoms with Crippen molar-refractivity contribution in [3.8, 4) is 0 Å². The Hall–Kier alpha value is -0.960. The van der Waals surface area contributed by atoms with Crippen LogP contribution in [0.25, 0.3) is 0 Å². The summed E-state index contributed by atoms with van der Waals surface area (Å²) < 4.78 is 0.769. The van der Waals surface area contributed by atoms with Gasteiger partial charge in [0.1, 0.15) is 6.29 Å². The standard InChI is InChI=1S/C10H9BrO2/c1-6-3-8(5-12)4-9(7(2)13)10(6)11/h3-5H,1-2H3. The van der Waals surface area contributed by atoms with Gasteiger partial charge in [0.05, 0.1) is 0 Å². The Morgan fingerprint density at radius 2 is 2.08 bits per heavy atom. The molecule has 0 aliphatic rings. The van der Waals surface area contributed by atoms with E-state index in [0.29, 0.717) is 11.1 Å². The predicted octanol–water partition coefficient (Wildman–Crippen LogP) is 2.77. The van der Waals surface area contributed by atoms with Crippen molar-refractivity contribution in [2.75, 3.05) is 0 Å². The summed E-state index contributed by atoms with van der Waals surface area (Å²) in [7, 11) is 0. The fraction of sp³-hybridized carbons (Fsp3) is 0.200. The lowest BCUT2D eigenvalue weighted by atomic mass is 10.0. The second kappa shape index (κ2) is 3.83. The molecule has 0 spiro atoms. The van der Waals surface area contributed by atoms with E-state index in [9.17, 15) is 9.59 Å². The number of halogens is 1. The van der Waals surface area contributed by atoms with E-state index in [0.717, 1.165) is 16.3 Å². The molecule has 0 N–H and O–H groups in total. The van der Waals surface area contributed by atoms with Crippen molar-refractivity contribution in [1.29, 1.82) is 0 Å². The summed E-state index contributed by atoms with van der Waals surface area (Å²) in [5.41, 5.74) is 1.99. The zero-order chi connectivity index (χ0) is 10.0. The molecular weight excluding hydrogens is 232 g/mol. The van der Waals surface area contributed by atoms with E-state index in [1.807, 2.05) is 6.92 Å². The molecule has 0 radical (unpaired) electrons. The molecule has 1 aromatic rings. The number of aldehydes is 1. The van der Waals surface area contributed by atoms with Gasteiger partial charge in [-0.15, -0.1) is 0 Å². The SMILES string of the molecule is CC(=O)c1cc(C=O)cc(C)c1Br. The number of ketones is 1. The van der Waals surface area contributed by atoms with Crippen LogP contribution in [0.15, 0.2) is 16.6 Å². The molecule has 0 saturated carbocycles. The highest BCUT2D eigenvalue weighted by Crippen LogP contribution is 2.23. The van der Waals surface area contributed by atoms with Crippen LogP contribution in [-0.4, -0.2) is 12.1 Å². The number of hydrogen-bond acceptors (Lipinski definition) is 2. The van der Waals surface area contributed by atoms with E-state index in [4.69, 9.17) is 0 Å². The van der Waals surface area contributed by atoms with Crippen molar-refractivity contribution in [3.63, 3.8) is 0 Å². The van der Waals surface area contributed by atoms with Crippen LogP contribution in [-0.2, 0) is 0 Å². The van der Waals surface area contributed by atoms with Gasteiger partial charge in [0.25, 0.3) is 0 Å². The second-order valence-electron chi connectivity index (χ2n) is 2.87. The molecule has 0 aliphatic heterocycles. The summed E-state index contributed by atoms with van der Waals surface area (Å²) in [6, 6.07) is 3.33. The average Bonchev–Trinajstić information content (AvgIpc) is 2.09. The Labute approximate surface area is 85.1 Å². The van der Waals surface area contributed by atoms with Crippen LogP contribution < -0.4 is 0 Å². The average molecular weight is 241 g/mol. The Kier molecular flexibility index (Phi) is 2.98. The molecule has 0 aliphatic carbocycles. The smallest absolute Gasteiger partial charge is 0.160 e. The van der Waals surface area contributed by atoms with Crippen LogP contribution in [0.2, 0.25) is 0 Å². The predicted molar refractivity (Wildman–Crippen MR) is 54.3 cm³/mol. The lowest BCUT2D eigenvalue weighted by Gasteiger charge is -2.04. The fourth-order valence-corrected chi connectivity index (χ4v) is 1.63. The Bertz CT molecular complexity index is 369. The maximum Gasteiger partial charge on any atom is 0.160 e. The molecule has 0 unspecified atom stereocenters. The lowest BCUT2D eigenvalue weighted by molar-refractivity contribution is 0.101. The molecule has 0 fully saturated rings. The minimum absolute atomic E-state index is 0.0429. The number of carbonyl (C=O) groups excluding carboxylic acids is 2. The van der Waals surface area contributed by atoms with E-state index >= 15 is 0 Å². The van der Waals surface area contributed by atoms with Gasteiger partial charge in [0.2, 0.25) is 0 Å². The van der Waals surface area contributed by atoms with Gasteiger partial charge in [-0.25, -0.2) is 0 Å². The van der Waals surface area contributed by atoms with Crippen LogP contribution in [0.3, 0.4) is 0 Å². The minimum Gasteiger partial charge on any atom is -0.298 e. The molecule has 0 heterocycles. The molecule has 0 aromatic heterocycles. The molecule has 0 atom stereocenters. The fourth-order valence-electron chi connectivity index (χ4n) is 1.12. The highest BCUT2D eigenvalue weighted by atomic mass is 79.9. The van der Waals surface area contributed by atoms with Gasteiger partial charge in [0, 0.05) is 15.6 Å². The molecule has 3 heteroatoms. The van der Waals surface area contributed by atoms with Crippen molar-refractivity contribution < 1.29 is 9.59 Å². The zero-order valence-corrected chi connectivity index (χ0v) is 9.01. The summed E-state index contributed by atoms with van der Waals surface area (Å²) in [5.74, 6) is -0.0429. The first-order valence-electron chi connectivity index (χ1n) is 3.82. The summed E-state index contributed by atoms with van der Waals surface area (Å²) in [6.45, 7) is 3.33. The minimum atomic E-state index is -0.0429.